The number of halogens is 3. The summed E-state index contributed by atoms with van der Waals surface area (Å²) in [5.41, 5.74) is 1.20. The van der Waals surface area contributed by atoms with Crippen LogP contribution in [0.25, 0.3) is 0 Å². The molecule has 7 heteroatoms. The molecule has 29 heavy (non-hydrogen) atoms. The molecule has 1 N–H and O–H groups in total. The van der Waals surface area contributed by atoms with Gasteiger partial charge in [0.05, 0.1) is 22.8 Å². The van der Waals surface area contributed by atoms with Crippen LogP contribution in [-0.2, 0) is 11.9 Å². The number of nitrogens with one attached hydrogen (secondary N) is 1. The lowest BCUT2D eigenvalue weighted by molar-refractivity contribution is -0.137. The molecule has 0 atom stereocenters. The predicted molar refractivity (Wildman–Crippen MR) is 107 cm³/mol. The van der Waals surface area contributed by atoms with Gasteiger partial charge in [-0.3, -0.25) is 4.79 Å². The normalized spacial score (nSPS) is 11.0. The highest BCUT2D eigenvalue weighted by molar-refractivity contribution is 7.98. The van der Waals surface area contributed by atoms with Crippen LogP contribution in [0.5, 0.6) is 0 Å². The largest absolute Gasteiger partial charge is 0.416 e. The van der Waals surface area contributed by atoms with E-state index < -0.39 is 17.6 Å². The van der Waals surface area contributed by atoms with Gasteiger partial charge in [0.1, 0.15) is 0 Å². The molecule has 0 radical (unpaired) electrons. The Labute approximate surface area is 170 Å². The van der Waals surface area contributed by atoms with Crippen LogP contribution in [0.15, 0.2) is 77.7 Å². The Kier molecular flexibility index (Phi) is 6.25. The van der Waals surface area contributed by atoms with Crippen molar-refractivity contribution in [3.05, 3.63) is 95.1 Å². The summed E-state index contributed by atoms with van der Waals surface area (Å²) in [7, 11) is 0. The predicted octanol–water partition coefficient (Wildman–Crippen LogP) is 6.12. The van der Waals surface area contributed by atoms with E-state index in [2.05, 4.69) is 11.4 Å². The Morgan fingerprint density at radius 1 is 1.00 bits per heavy atom. The van der Waals surface area contributed by atoms with E-state index in [-0.39, 0.29) is 5.69 Å². The van der Waals surface area contributed by atoms with Gasteiger partial charge < -0.3 is 5.32 Å². The summed E-state index contributed by atoms with van der Waals surface area (Å²) in [5.74, 6) is 0.104. The Bertz CT molecular complexity index is 1060. The number of hydrogen-bond donors (Lipinski definition) is 1. The molecule has 0 heterocycles. The van der Waals surface area contributed by atoms with Gasteiger partial charge in [0.25, 0.3) is 5.91 Å². The zero-order valence-corrected chi connectivity index (χ0v) is 15.8. The summed E-state index contributed by atoms with van der Waals surface area (Å²) in [5, 5.41) is 11.4. The van der Waals surface area contributed by atoms with Crippen LogP contribution in [0.4, 0.5) is 18.9 Å². The van der Waals surface area contributed by atoms with E-state index in [0.29, 0.717) is 21.8 Å². The van der Waals surface area contributed by atoms with E-state index in [1.165, 1.54) is 23.9 Å². The topological polar surface area (TPSA) is 52.9 Å². The average Bonchev–Trinajstić information content (AvgIpc) is 2.72. The van der Waals surface area contributed by atoms with E-state index in [9.17, 15) is 18.0 Å². The third-order valence-corrected chi connectivity index (χ3v) is 5.20. The molecule has 0 spiro atoms. The van der Waals surface area contributed by atoms with Gasteiger partial charge in [0.2, 0.25) is 0 Å². The van der Waals surface area contributed by atoms with Crippen molar-refractivity contribution in [1.82, 2.24) is 0 Å². The lowest BCUT2D eigenvalue weighted by atomic mass is 10.1. The molecule has 0 saturated heterocycles. The Morgan fingerprint density at radius 3 is 2.41 bits per heavy atom. The van der Waals surface area contributed by atoms with E-state index in [0.717, 1.165) is 17.7 Å². The number of rotatable bonds is 5. The van der Waals surface area contributed by atoms with Crippen molar-refractivity contribution in [2.75, 3.05) is 5.32 Å². The van der Waals surface area contributed by atoms with Crippen molar-refractivity contribution in [3.63, 3.8) is 0 Å². The van der Waals surface area contributed by atoms with Crippen LogP contribution >= 0.6 is 11.8 Å². The van der Waals surface area contributed by atoms with Crippen LogP contribution < -0.4 is 5.32 Å². The first kappa shape index (κ1) is 20.5. The quantitative estimate of drug-likeness (QED) is 0.514. The molecule has 3 nitrogen and oxygen atoms in total. The summed E-state index contributed by atoms with van der Waals surface area (Å²) in [6.07, 6.45) is -4.48. The molecule has 3 aromatic carbocycles. The lowest BCUT2D eigenvalue weighted by Gasteiger charge is -2.12. The van der Waals surface area contributed by atoms with Gasteiger partial charge in [0, 0.05) is 16.3 Å². The third-order valence-electron chi connectivity index (χ3n) is 4.06. The first-order valence-corrected chi connectivity index (χ1v) is 9.55. The van der Waals surface area contributed by atoms with E-state index in [4.69, 9.17) is 5.26 Å². The van der Waals surface area contributed by atoms with Gasteiger partial charge in [-0.1, -0.05) is 30.3 Å². The molecular weight excluding hydrogens is 397 g/mol. The number of alkyl halides is 3. The standard InChI is InChI=1S/C22H15F3N2OS/c23-22(24,25)17-4-3-5-18(12-17)27-21(28)19-6-1-2-7-20(19)29-14-16-10-8-15(13-26)9-11-16/h1-12H,14H2,(H,27,28). The fourth-order valence-electron chi connectivity index (χ4n) is 2.59. The van der Waals surface area contributed by atoms with Gasteiger partial charge in [0.15, 0.2) is 0 Å². The Hall–Kier alpha value is -3.24. The zero-order valence-electron chi connectivity index (χ0n) is 15.0. The molecule has 1 amide bonds. The molecule has 0 aliphatic carbocycles. The molecule has 0 fully saturated rings. The van der Waals surface area contributed by atoms with E-state index in [1.807, 2.05) is 12.1 Å². The van der Waals surface area contributed by atoms with Gasteiger partial charge in [-0.25, -0.2) is 0 Å². The van der Waals surface area contributed by atoms with E-state index >= 15 is 0 Å². The highest BCUT2D eigenvalue weighted by atomic mass is 32.2. The number of amides is 1. The van der Waals surface area contributed by atoms with Crippen molar-refractivity contribution in [2.45, 2.75) is 16.8 Å². The van der Waals surface area contributed by atoms with Gasteiger partial charge >= 0.3 is 6.18 Å². The number of carbonyl (C=O) groups excluding carboxylic acids is 1. The summed E-state index contributed by atoms with van der Waals surface area (Å²) in [4.78, 5) is 13.4. The molecule has 0 bridgehead atoms. The number of nitriles is 1. The van der Waals surface area contributed by atoms with Crippen LogP contribution in [0.2, 0.25) is 0 Å². The summed E-state index contributed by atoms with van der Waals surface area (Å²) in [6, 6.07) is 20.6. The number of hydrogen-bond acceptors (Lipinski definition) is 3. The Morgan fingerprint density at radius 2 is 1.72 bits per heavy atom. The molecule has 3 rings (SSSR count). The number of benzene rings is 3. The lowest BCUT2D eigenvalue weighted by Crippen LogP contribution is -2.14. The van der Waals surface area contributed by atoms with Crippen molar-refractivity contribution < 1.29 is 18.0 Å². The van der Waals surface area contributed by atoms with Crippen LogP contribution in [0.1, 0.15) is 27.0 Å². The maximum atomic E-state index is 12.9. The van der Waals surface area contributed by atoms with Gasteiger partial charge in [-0.15, -0.1) is 11.8 Å². The Balaban J connectivity index is 1.74. The maximum absolute atomic E-state index is 12.9. The van der Waals surface area contributed by atoms with Crippen molar-refractivity contribution in [3.8, 4) is 6.07 Å². The fraction of sp³-hybridized carbons (Fsp3) is 0.0909. The monoisotopic (exact) mass is 412 g/mol. The molecule has 0 aliphatic rings. The van der Waals surface area contributed by atoms with Crippen LogP contribution in [0.3, 0.4) is 0 Å². The number of carbonyl (C=O) groups is 1. The average molecular weight is 412 g/mol. The van der Waals surface area contributed by atoms with Crippen LogP contribution in [-0.4, -0.2) is 5.91 Å². The van der Waals surface area contributed by atoms with Crippen molar-refractivity contribution in [1.29, 1.82) is 5.26 Å². The summed E-state index contributed by atoms with van der Waals surface area (Å²) in [6.45, 7) is 0. The molecule has 3 aromatic rings. The van der Waals surface area contributed by atoms with E-state index in [1.54, 1.807) is 36.4 Å². The van der Waals surface area contributed by atoms with Crippen molar-refractivity contribution in [2.24, 2.45) is 0 Å². The number of thioether (sulfide) groups is 1. The summed E-state index contributed by atoms with van der Waals surface area (Å²) < 4.78 is 38.6. The summed E-state index contributed by atoms with van der Waals surface area (Å²) >= 11 is 1.44. The molecule has 0 saturated carbocycles. The van der Waals surface area contributed by atoms with Gasteiger partial charge in [-0.2, -0.15) is 18.4 Å². The second-order valence-corrected chi connectivity index (χ2v) is 7.14. The molecular formula is C22H15F3N2OS. The first-order valence-electron chi connectivity index (χ1n) is 8.56. The van der Waals surface area contributed by atoms with Crippen molar-refractivity contribution >= 4 is 23.4 Å². The molecule has 146 valence electrons. The third kappa shape index (κ3) is 5.39. The highest BCUT2D eigenvalue weighted by Gasteiger charge is 2.30. The van der Waals surface area contributed by atoms with Crippen LogP contribution in [0, 0.1) is 11.3 Å². The molecule has 0 aromatic heterocycles. The number of anilines is 1. The van der Waals surface area contributed by atoms with Gasteiger partial charge in [-0.05, 0) is 48.0 Å². The second-order valence-electron chi connectivity index (χ2n) is 6.13. The maximum Gasteiger partial charge on any atom is 0.416 e. The zero-order chi connectivity index (χ0) is 20.9. The fourth-order valence-corrected chi connectivity index (χ4v) is 3.59. The SMILES string of the molecule is N#Cc1ccc(CSc2ccccc2C(=O)Nc2cccc(C(F)(F)F)c2)cc1. The highest BCUT2D eigenvalue weighted by Crippen LogP contribution is 2.31. The smallest absolute Gasteiger partial charge is 0.322 e. The minimum Gasteiger partial charge on any atom is -0.322 e. The molecule has 0 unspecified atom stereocenters. The molecule has 0 aliphatic heterocycles. The minimum atomic E-state index is -4.48. The minimum absolute atomic E-state index is 0.0803. The first-order chi connectivity index (χ1) is 13.9. The second kappa shape index (κ2) is 8.84. The number of nitrogens with zero attached hydrogens (tertiary/aromatic N) is 1.